The van der Waals surface area contributed by atoms with Gasteiger partial charge in [0, 0.05) is 26.4 Å². The fourth-order valence-electron chi connectivity index (χ4n) is 1.26. The Bertz CT molecular complexity index is 351. The molecule has 0 aromatic rings. The first-order valence-corrected chi connectivity index (χ1v) is 5.31. The van der Waals surface area contributed by atoms with Gasteiger partial charge in [0.05, 0.1) is 6.61 Å². The van der Waals surface area contributed by atoms with Crippen LogP contribution >= 0.6 is 0 Å². The highest BCUT2D eigenvalue weighted by Gasteiger charge is 2.24. The molecule has 1 unspecified atom stereocenters. The van der Waals surface area contributed by atoms with E-state index in [0.29, 0.717) is 0 Å². The van der Waals surface area contributed by atoms with Gasteiger partial charge in [-0.05, 0) is 6.92 Å². The minimum atomic E-state index is -1.35. The molecule has 1 aliphatic rings. The molecule has 1 atom stereocenters. The van der Waals surface area contributed by atoms with Crippen LogP contribution in [0.4, 0.5) is 0 Å². The smallest absolute Gasteiger partial charge is 0.267 e. The SMILES string of the molecule is CN1N=C(C(=O)NCC(C)(O)CO)CCC1=O. The quantitative estimate of drug-likeness (QED) is 0.556. The van der Waals surface area contributed by atoms with E-state index in [1.807, 2.05) is 0 Å². The van der Waals surface area contributed by atoms with Crippen LogP contribution in [0.5, 0.6) is 0 Å². The molecule has 1 aliphatic heterocycles. The van der Waals surface area contributed by atoms with Crippen molar-refractivity contribution in [1.29, 1.82) is 0 Å². The van der Waals surface area contributed by atoms with Crippen LogP contribution in [0.3, 0.4) is 0 Å². The van der Waals surface area contributed by atoms with Crippen molar-refractivity contribution >= 4 is 17.5 Å². The molecule has 1 rings (SSSR count). The molecule has 0 bridgehead atoms. The van der Waals surface area contributed by atoms with Gasteiger partial charge >= 0.3 is 0 Å². The minimum Gasteiger partial charge on any atom is -0.393 e. The maximum Gasteiger partial charge on any atom is 0.267 e. The van der Waals surface area contributed by atoms with Crippen molar-refractivity contribution < 1.29 is 19.8 Å². The van der Waals surface area contributed by atoms with Crippen LogP contribution in [0.1, 0.15) is 19.8 Å². The fraction of sp³-hybridized carbons (Fsp3) is 0.700. The molecule has 7 heteroatoms. The fourth-order valence-corrected chi connectivity index (χ4v) is 1.26. The summed E-state index contributed by atoms with van der Waals surface area (Å²) in [6, 6.07) is 0. The van der Waals surface area contributed by atoms with Gasteiger partial charge in [-0.1, -0.05) is 0 Å². The van der Waals surface area contributed by atoms with E-state index in [9.17, 15) is 14.7 Å². The Morgan fingerprint density at radius 1 is 1.59 bits per heavy atom. The monoisotopic (exact) mass is 243 g/mol. The number of carbonyl (C=O) groups excluding carboxylic acids is 2. The van der Waals surface area contributed by atoms with Gasteiger partial charge in [-0.2, -0.15) is 5.10 Å². The number of hydrogen-bond donors (Lipinski definition) is 3. The summed E-state index contributed by atoms with van der Waals surface area (Å²) in [4.78, 5) is 22.8. The summed E-state index contributed by atoms with van der Waals surface area (Å²) in [5, 5.41) is 25.7. The van der Waals surface area contributed by atoms with Crippen molar-refractivity contribution in [3.8, 4) is 0 Å². The van der Waals surface area contributed by atoms with Crippen molar-refractivity contribution in [3.05, 3.63) is 0 Å². The lowest BCUT2D eigenvalue weighted by molar-refractivity contribution is -0.130. The second-order valence-corrected chi connectivity index (χ2v) is 4.30. The third kappa shape index (κ3) is 3.79. The number of carbonyl (C=O) groups is 2. The van der Waals surface area contributed by atoms with Gasteiger partial charge in [-0.3, -0.25) is 9.59 Å². The summed E-state index contributed by atoms with van der Waals surface area (Å²) in [5.74, 6) is -0.568. The van der Waals surface area contributed by atoms with E-state index in [1.165, 1.54) is 14.0 Å². The average Bonchev–Trinajstić information content (AvgIpc) is 2.30. The highest BCUT2D eigenvalue weighted by atomic mass is 16.3. The van der Waals surface area contributed by atoms with Crippen molar-refractivity contribution in [2.24, 2.45) is 5.10 Å². The van der Waals surface area contributed by atoms with E-state index in [1.54, 1.807) is 0 Å². The van der Waals surface area contributed by atoms with Crippen molar-refractivity contribution in [2.45, 2.75) is 25.4 Å². The number of rotatable bonds is 4. The normalized spacial score (nSPS) is 19.6. The van der Waals surface area contributed by atoms with Crippen LogP contribution in [-0.2, 0) is 9.59 Å². The van der Waals surface area contributed by atoms with Crippen LogP contribution in [0.15, 0.2) is 5.10 Å². The number of hydrogen-bond acceptors (Lipinski definition) is 5. The molecule has 2 amide bonds. The largest absolute Gasteiger partial charge is 0.393 e. The predicted octanol–water partition coefficient (Wildman–Crippen LogP) is -1.55. The van der Waals surface area contributed by atoms with E-state index in [0.717, 1.165) is 5.01 Å². The topological polar surface area (TPSA) is 102 Å². The molecule has 3 N–H and O–H groups in total. The number of amides is 2. The van der Waals surface area contributed by atoms with Gasteiger partial charge < -0.3 is 15.5 Å². The number of aliphatic hydroxyl groups is 2. The Labute approximate surface area is 99.1 Å². The Balaban J connectivity index is 2.54. The van der Waals surface area contributed by atoms with Gasteiger partial charge in [-0.15, -0.1) is 0 Å². The number of hydrazone groups is 1. The molecule has 0 saturated heterocycles. The molecule has 0 spiro atoms. The van der Waals surface area contributed by atoms with E-state index >= 15 is 0 Å². The van der Waals surface area contributed by atoms with Crippen LogP contribution in [0, 0.1) is 0 Å². The summed E-state index contributed by atoms with van der Waals surface area (Å²) in [6.07, 6.45) is 0.537. The summed E-state index contributed by atoms with van der Waals surface area (Å²) in [5.41, 5.74) is -1.10. The Morgan fingerprint density at radius 2 is 2.24 bits per heavy atom. The van der Waals surface area contributed by atoms with E-state index < -0.39 is 18.1 Å². The first kappa shape index (κ1) is 13.6. The number of aliphatic hydroxyl groups excluding tert-OH is 1. The first-order chi connectivity index (χ1) is 7.85. The summed E-state index contributed by atoms with van der Waals surface area (Å²) in [7, 11) is 1.48. The van der Waals surface area contributed by atoms with E-state index in [4.69, 9.17) is 5.11 Å². The van der Waals surface area contributed by atoms with Gasteiger partial charge in [0.15, 0.2) is 0 Å². The highest BCUT2D eigenvalue weighted by Crippen LogP contribution is 2.07. The van der Waals surface area contributed by atoms with Crippen LogP contribution < -0.4 is 5.32 Å². The molecular formula is C10H17N3O4. The Kier molecular flexibility index (Phi) is 4.19. The summed E-state index contributed by atoms with van der Waals surface area (Å²) in [6.45, 7) is 0.892. The molecule has 96 valence electrons. The standard InChI is InChI=1S/C10H17N3O4/c1-10(17,6-14)5-11-9(16)7-3-4-8(15)13(2)12-7/h14,17H,3-6H2,1-2H3,(H,11,16). The molecule has 7 nitrogen and oxygen atoms in total. The van der Waals surface area contributed by atoms with Crippen LogP contribution in [0.2, 0.25) is 0 Å². The highest BCUT2D eigenvalue weighted by molar-refractivity contribution is 6.39. The third-order valence-electron chi connectivity index (χ3n) is 2.44. The number of nitrogens with one attached hydrogen (secondary N) is 1. The molecule has 0 saturated carbocycles. The molecule has 0 aliphatic carbocycles. The van der Waals surface area contributed by atoms with Crippen LogP contribution in [0.25, 0.3) is 0 Å². The zero-order valence-electron chi connectivity index (χ0n) is 9.93. The molecular weight excluding hydrogens is 226 g/mol. The molecule has 17 heavy (non-hydrogen) atoms. The molecule has 0 aromatic heterocycles. The molecule has 0 aromatic carbocycles. The molecule has 0 fully saturated rings. The zero-order chi connectivity index (χ0) is 13.1. The summed E-state index contributed by atoms with van der Waals surface area (Å²) < 4.78 is 0. The third-order valence-corrected chi connectivity index (χ3v) is 2.44. The lowest BCUT2D eigenvalue weighted by Crippen LogP contribution is -2.46. The van der Waals surface area contributed by atoms with Crippen molar-refractivity contribution in [1.82, 2.24) is 10.3 Å². The second kappa shape index (κ2) is 5.24. The Hall–Kier alpha value is -1.47. The van der Waals surface area contributed by atoms with Crippen molar-refractivity contribution in [3.63, 3.8) is 0 Å². The lowest BCUT2D eigenvalue weighted by Gasteiger charge is -2.22. The maximum absolute atomic E-state index is 11.6. The van der Waals surface area contributed by atoms with Gasteiger partial charge in [0.1, 0.15) is 11.3 Å². The van der Waals surface area contributed by atoms with E-state index in [2.05, 4.69) is 10.4 Å². The minimum absolute atomic E-state index is 0.0704. The number of nitrogens with zero attached hydrogens (tertiary/aromatic N) is 2. The van der Waals surface area contributed by atoms with Gasteiger partial charge in [0.25, 0.3) is 5.91 Å². The predicted molar refractivity (Wildman–Crippen MR) is 60.2 cm³/mol. The van der Waals surface area contributed by atoms with Crippen LogP contribution in [-0.4, -0.2) is 58.5 Å². The van der Waals surface area contributed by atoms with Gasteiger partial charge in [0.2, 0.25) is 5.91 Å². The average molecular weight is 243 g/mol. The molecule has 1 heterocycles. The zero-order valence-corrected chi connectivity index (χ0v) is 9.93. The van der Waals surface area contributed by atoms with E-state index in [-0.39, 0.29) is 31.0 Å². The summed E-state index contributed by atoms with van der Waals surface area (Å²) >= 11 is 0. The Morgan fingerprint density at radius 3 is 2.76 bits per heavy atom. The van der Waals surface area contributed by atoms with Gasteiger partial charge in [-0.25, -0.2) is 5.01 Å². The second-order valence-electron chi connectivity index (χ2n) is 4.30. The maximum atomic E-state index is 11.6. The first-order valence-electron chi connectivity index (χ1n) is 5.31. The lowest BCUT2D eigenvalue weighted by atomic mass is 10.1. The molecule has 0 radical (unpaired) electrons. The van der Waals surface area contributed by atoms with Crippen molar-refractivity contribution in [2.75, 3.05) is 20.2 Å².